The molecular formula is C13H18O4. The summed E-state index contributed by atoms with van der Waals surface area (Å²) in [6, 6.07) is 0. The van der Waals surface area contributed by atoms with Gasteiger partial charge in [0.1, 0.15) is 13.2 Å². The molecule has 0 spiro atoms. The average Bonchev–Trinajstić information content (AvgIpc) is 2.83. The van der Waals surface area contributed by atoms with E-state index in [1.165, 1.54) is 37.8 Å². The summed E-state index contributed by atoms with van der Waals surface area (Å²) in [6.45, 7) is 3.57. The van der Waals surface area contributed by atoms with E-state index in [0.29, 0.717) is 25.0 Å². The smallest absolute Gasteiger partial charge is 0.302 e. The topological polar surface area (TPSA) is 52.6 Å². The number of hydrogen-bond acceptors (Lipinski definition) is 4. The molecule has 0 amide bonds. The van der Waals surface area contributed by atoms with Crippen LogP contribution in [0.15, 0.2) is 11.1 Å². The highest BCUT2D eigenvalue weighted by atomic mass is 16.5. The van der Waals surface area contributed by atoms with Gasteiger partial charge in [0.25, 0.3) is 0 Å². The molecule has 2 aliphatic carbocycles. The molecule has 4 nitrogen and oxygen atoms in total. The van der Waals surface area contributed by atoms with Gasteiger partial charge in [-0.15, -0.1) is 0 Å². The van der Waals surface area contributed by atoms with Crippen LogP contribution in [0, 0.1) is 11.8 Å². The molecule has 2 rings (SSSR count). The van der Waals surface area contributed by atoms with Crippen molar-refractivity contribution in [3.63, 3.8) is 0 Å². The number of carbonyl (C=O) groups is 2. The van der Waals surface area contributed by atoms with Gasteiger partial charge in [-0.1, -0.05) is 0 Å². The van der Waals surface area contributed by atoms with Crippen molar-refractivity contribution in [3.8, 4) is 0 Å². The van der Waals surface area contributed by atoms with Crippen molar-refractivity contribution in [2.45, 2.75) is 33.1 Å². The third-order valence-corrected chi connectivity index (χ3v) is 3.69. The van der Waals surface area contributed by atoms with Gasteiger partial charge in [0.15, 0.2) is 0 Å². The summed E-state index contributed by atoms with van der Waals surface area (Å²) < 4.78 is 10.2. The highest BCUT2D eigenvalue weighted by molar-refractivity contribution is 5.66. The lowest BCUT2D eigenvalue weighted by Gasteiger charge is -2.19. The Morgan fingerprint density at radius 1 is 1.00 bits per heavy atom. The molecule has 0 N–H and O–H groups in total. The van der Waals surface area contributed by atoms with Crippen molar-refractivity contribution in [2.75, 3.05) is 13.2 Å². The van der Waals surface area contributed by atoms with Crippen LogP contribution < -0.4 is 0 Å². The second-order valence-corrected chi connectivity index (χ2v) is 4.82. The zero-order chi connectivity index (χ0) is 12.4. The molecule has 0 heterocycles. The summed E-state index contributed by atoms with van der Waals surface area (Å²) in [7, 11) is 0. The molecule has 1 fully saturated rings. The molecule has 2 atom stereocenters. The zero-order valence-corrected chi connectivity index (χ0v) is 10.3. The van der Waals surface area contributed by atoms with Gasteiger partial charge >= 0.3 is 11.9 Å². The summed E-state index contributed by atoms with van der Waals surface area (Å²) >= 11 is 0. The molecule has 0 aromatic rings. The van der Waals surface area contributed by atoms with E-state index in [1.54, 1.807) is 0 Å². The van der Waals surface area contributed by atoms with Gasteiger partial charge in [-0.3, -0.25) is 9.59 Å². The van der Waals surface area contributed by atoms with Crippen LogP contribution in [0.2, 0.25) is 0 Å². The average molecular weight is 238 g/mol. The molecule has 0 unspecified atom stereocenters. The van der Waals surface area contributed by atoms with Crippen molar-refractivity contribution >= 4 is 11.9 Å². The lowest BCUT2D eigenvalue weighted by molar-refractivity contribution is -0.141. The number of hydrogen-bond donors (Lipinski definition) is 0. The first-order valence-electron chi connectivity index (χ1n) is 6.06. The van der Waals surface area contributed by atoms with Crippen LogP contribution in [0.25, 0.3) is 0 Å². The van der Waals surface area contributed by atoms with Crippen LogP contribution in [0.3, 0.4) is 0 Å². The number of esters is 2. The van der Waals surface area contributed by atoms with Crippen molar-refractivity contribution in [1.29, 1.82) is 0 Å². The molecular weight excluding hydrogens is 220 g/mol. The molecule has 17 heavy (non-hydrogen) atoms. The highest BCUT2D eigenvalue weighted by Gasteiger charge is 2.39. The number of rotatable bonds is 4. The SMILES string of the molecule is CC(=O)OCC1=C(COC(C)=O)[C@H]2CC[C@@H]1C2. The first-order chi connectivity index (χ1) is 8.08. The maximum Gasteiger partial charge on any atom is 0.302 e. The summed E-state index contributed by atoms with van der Waals surface area (Å²) in [5.41, 5.74) is 2.38. The largest absolute Gasteiger partial charge is 0.461 e. The normalized spacial score (nSPS) is 26.2. The maximum absolute atomic E-state index is 10.8. The number of carbonyl (C=O) groups excluding carboxylic acids is 2. The Bertz CT molecular complexity index is 336. The van der Waals surface area contributed by atoms with E-state index >= 15 is 0 Å². The molecule has 2 bridgehead atoms. The van der Waals surface area contributed by atoms with Crippen molar-refractivity contribution in [3.05, 3.63) is 11.1 Å². The van der Waals surface area contributed by atoms with E-state index in [-0.39, 0.29) is 11.9 Å². The van der Waals surface area contributed by atoms with Gasteiger partial charge < -0.3 is 9.47 Å². The zero-order valence-electron chi connectivity index (χ0n) is 10.3. The monoisotopic (exact) mass is 238 g/mol. The van der Waals surface area contributed by atoms with Crippen LogP contribution in [0.5, 0.6) is 0 Å². The van der Waals surface area contributed by atoms with E-state index in [1.807, 2.05) is 0 Å². The third kappa shape index (κ3) is 2.68. The molecule has 0 saturated heterocycles. The maximum atomic E-state index is 10.8. The minimum atomic E-state index is -0.257. The lowest BCUT2D eigenvalue weighted by atomic mass is 9.92. The lowest BCUT2D eigenvalue weighted by Crippen LogP contribution is -2.15. The number of fused-ring (bicyclic) bond motifs is 2. The fourth-order valence-electron chi connectivity index (χ4n) is 2.92. The number of ether oxygens (including phenoxy) is 2. The Morgan fingerprint density at radius 2 is 1.41 bits per heavy atom. The first kappa shape index (κ1) is 12.1. The highest BCUT2D eigenvalue weighted by Crippen LogP contribution is 2.48. The van der Waals surface area contributed by atoms with E-state index in [0.717, 1.165) is 6.42 Å². The molecule has 0 aromatic carbocycles. The van der Waals surface area contributed by atoms with Gasteiger partial charge in [0.2, 0.25) is 0 Å². The predicted molar refractivity (Wildman–Crippen MR) is 61.1 cm³/mol. The molecule has 0 aromatic heterocycles. The minimum Gasteiger partial charge on any atom is -0.461 e. The molecule has 4 heteroatoms. The van der Waals surface area contributed by atoms with Crippen LogP contribution in [-0.4, -0.2) is 25.2 Å². The van der Waals surface area contributed by atoms with Gasteiger partial charge in [-0.05, 0) is 42.2 Å². The van der Waals surface area contributed by atoms with Gasteiger partial charge in [-0.25, -0.2) is 0 Å². The van der Waals surface area contributed by atoms with E-state index < -0.39 is 0 Å². The van der Waals surface area contributed by atoms with Gasteiger partial charge in [0, 0.05) is 13.8 Å². The van der Waals surface area contributed by atoms with Gasteiger partial charge in [-0.2, -0.15) is 0 Å². The van der Waals surface area contributed by atoms with E-state index in [4.69, 9.17) is 9.47 Å². The molecule has 1 saturated carbocycles. The summed E-state index contributed by atoms with van der Waals surface area (Å²) in [5.74, 6) is 0.550. The summed E-state index contributed by atoms with van der Waals surface area (Å²) in [6.07, 6.45) is 3.48. The molecule has 94 valence electrons. The molecule has 0 radical (unpaired) electrons. The van der Waals surface area contributed by atoms with Crippen molar-refractivity contribution in [1.82, 2.24) is 0 Å². The van der Waals surface area contributed by atoms with Crippen molar-refractivity contribution < 1.29 is 19.1 Å². The van der Waals surface area contributed by atoms with Crippen LogP contribution >= 0.6 is 0 Å². The van der Waals surface area contributed by atoms with Crippen LogP contribution in [-0.2, 0) is 19.1 Å². The standard InChI is InChI=1S/C13H18O4/c1-8(14)16-6-12-10-3-4-11(5-10)13(12)7-17-9(2)15/h10-11H,3-7H2,1-2H3/t10-,11+. The molecule has 2 aliphatic rings. The fraction of sp³-hybridized carbons (Fsp3) is 0.692. The summed E-state index contributed by atoms with van der Waals surface area (Å²) in [5, 5.41) is 0. The predicted octanol–water partition coefficient (Wildman–Crippen LogP) is 1.84. The Hall–Kier alpha value is -1.32. The quantitative estimate of drug-likeness (QED) is 0.554. The second kappa shape index (κ2) is 4.90. The van der Waals surface area contributed by atoms with Crippen molar-refractivity contribution in [2.24, 2.45) is 11.8 Å². The van der Waals surface area contributed by atoms with Gasteiger partial charge in [0.05, 0.1) is 0 Å². The Kier molecular flexibility index (Phi) is 3.50. The van der Waals surface area contributed by atoms with E-state index in [2.05, 4.69) is 0 Å². The van der Waals surface area contributed by atoms with Crippen LogP contribution in [0.4, 0.5) is 0 Å². The first-order valence-corrected chi connectivity index (χ1v) is 6.06. The Balaban J connectivity index is 2.04. The Morgan fingerprint density at radius 3 is 1.76 bits per heavy atom. The second-order valence-electron chi connectivity index (χ2n) is 4.82. The van der Waals surface area contributed by atoms with Crippen LogP contribution in [0.1, 0.15) is 33.1 Å². The molecule has 0 aliphatic heterocycles. The van der Waals surface area contributed by atoms with E-state index in [9.17, 15) is 9.59 Å². The fourth-order valence-corrected chi connectivity index (χ4v) is 2.92. The Labute approximate surface area is 101 Å². The minimum absolute atomic E-state index is 0.257. The third-order valence-electron chi connectivity index (χ3n) is 3.69. The summed E-state index contributed by atoms with van der Waals surface area (Å²) in [4.78, 5) is 21.7.